The van der Waals surface area contributed by atoms with Crippen LogP contribution in [0.3, 0.4) is 0 Å². The Hall–Kier alpha value is -1.85. The number of hydrogen-bond donors (Lipinski definition) is 1. The molecule has 0 fully saturated rings. The number of benzene rings is 1. The highest BCUT2D eigenvalue weighted by molar-refractivity contribution is 6.34. The van der Waals surface area contributed by atoms with Crippen molar-refractivity contribution < 1.29 is 14.6 Å². The van der Waals surface area contributed by atoms with Gasteiger partial charge in [0.25, 0.3) is 0 Å². The molecular formula is C12H8Cl2N2O3. The van der Waals surface area contributed by atoms with Gasteiger partial charge in [-0.2, -0.15) is 4.98 Å². The highest BCUT2D eigenvalue weighted by Gasteiger charge is 2.12. The Kier molecular flexibility index (Phi) is 3.87. The first-order chi connectivity index (χ1) is 8.97. The summed E-state index contributed by atoms with van der Waals surface area (Å²) in [6.07, 6.45) is 1.18. The summed E-state index contributed by atoms with van der Waals surface area (Å²) in [5, 5.41) is 9.68. The minimum Gasteiger partial charge on any atom is -0.478 e. The second kappa shape index (κ2) is 5.42. The summed E-state index contributed by atoms with van der Waals surface area (Å²) in [4.78, 5) is 18.6. The third kappa shape index (κ3) is 3.13. The van der Waals surface area contributed by atoms with Crippen LogP contribution in [-0.4, -0.2) is 21.0 Å². The van der Waals surface area contributed by atoms with Crippen molar-refractivity contribution >= 4 is 29.2 Å². The maximum absolute atomic E-state index is 10.8. The molecule has 0 amide bonds. The third-order valence-electron chi connectivity index (χ3n) is 2.28. The summed E-state index contributed by atoms with van der Waals surface area (Å²) >= 11 is 11.8. The highest BCUT2D eigenvalue weighted by Crippen LogP contribution is 2.30. The molecule has 19 heavy (non-hydrogen) atoms. The molecule has 1 aromatic heterocycles. The molecular weight excluding hydrogens is 291 g/mol. The minimum absolute atomic E-state index is 0.00617. The SMILES string of the molecule is Cc1nc(Oc2cc(Cl)ccc2Cl)ncc1C(=O)O. The molecule has 0 aliphatic carbocycles. The van der Waals surface area contributed by atoms with Crippen LogP contribution in [0.1, 0.15) is 16.1 Å². The number of hydrogen-bond acceptors (Lipinski definition) is 4. The fraction of sp³-hybridized carbons (Fsp3) is 0.0833. The Bertz CT molecular complexity index is 647. The van der Waals surface area contributed by atoms with Gasteiger partial charge in [-0.15, -0.1) is 0 Å². The Morgan fingerprint density at radius 2 is 2.11 bits per heavy atom. The molecule has 0 spiro atoms. The van der Waals surface area contributed by atoms with E-state index in [-0.39, 0.29) is 11.6 Å². The van der Waals surface area contributed by atoms with E-state index in [0.717, 1.165) is 0 Å². The number of rotatable bonds is 3. The molecule has 0 aliphatic heterocycles. The second-order valence-corrected chi connectivity index (χ2v) is 4.48. The molecule has 2 rings (SSSR count). The van der Waals surface area contributed by atoms with Gasteiger partial charge in [-0.1, -0.05) is 23.2 Å². The van der Waals surface area contributed by atoms with Crippen LogP contribution in [0, 0.1) is 6.92 Å². The average Bonchev–Trinajstić information content (AvgIpc) is 2.33. The van der Waals surface area contributed by atoms with Crippen LogP contribution >= 0.6 is 23.2 Å². The molecule has 0 atom stereocenters. The van der Waals surface area contributed by atoms with Gasteiger partial charge in [0.2, 0.25) is 0 Å². The smallest absolute Gasteiger partial charge is 0.339 e. The van der Waals surface area contributed by atoms with E-state index in [4.69, 9.17) is 33.0 Å². The number of halogens is 2. The van der Waals surface area contributed by atoms with Crippen LogP contribution in [-0.2, 0) is 0 Å². The second-order valence-electron chi connectivity index (χ2n) is 3.63. The van der Waals surface area contributed by atoms with Gasteiger partial charge in [0, 0.05) is 17.3 Å². The molecule has 0 bridgehead atoms. The molecule has 0 aliphatic rings. The van der Waals surface area contributed by atoms with Gasteiger partial charge in [-0.05, 0) is 19.1 Å². The molecule has 0 unspecified atom stereocenters. The van der Waals surface area contributed by atoms with E-state index in [0.29, 0.717) is 21.5 Å². The monoisotopic (exact) mass is 298 g/mol. The van der Waals surface area contributed by atoms with Gasteiger partial charge in [0.15, 0.2) is 5.75 Å². The van der Waals surface area contributed by atoms with Crippen LogP contribution in [0.25, 0.3) is 0 Å². The Balaban J connectivity index is 2.31. The zero-order chi connectivity index (χ0) is 14.0. The van der Waals surface area contributed by atoms with Crippen LogP contribution < -0.4 is 4.74 Å². The Morgan fingerprint density at radius 3 is 2.74 bits per heavy atom. The van der Waals surface area contributed by atoms with Crippen molar-refractivity contribution in [2.45, 2.75) is 6.92 Å². The van der Waals surface area contributed by atoms with Gasteiger partial charge >= 0.3 is 12.0 Å². The number of carboxylic acid groups (broad SMARTS) is 1. The highest BCUT2D eigenvalue weighted by atomic mass is 35.5. The molecule has 7 heteroatoms. The largest absolute Gasteiger partial charge is 0.478 e. The molecule has 0 saturated heterocycles. The van der Waals surface area contributed by atoms with E-state index >= 15 is 0 Å². The number of aromatic carboxylic acids is 1. The van der Waals surface area contributed by atoms with Crippen molar-refractivity contribution in [3.63, 3.8) is 0 Å². The van der Waals surface area contributed by atoms with Crippen LogP contribution in [0.15, 0.2) is 24.4 Å². The predicted molar refractivity (Wildman–Crippen MR) is 70.3 cm³/mol. The quantitative estimate of drug-likeness (QED) is 0.937. The average molecular weight is 299 g/mol. The van der Waals surface area contributed by atoms with E-state index in [1.165, 1.54) is 12.3 Å². The summed E-state index contributed by atoms with van der Waals surface area (Å²) in [6, 6.07) is 4.73. The Morgan fingerprint density at radius 1 is 1.37 bits per heavy atom. The summed E-state index contributed by atoms with van der Waals surface area (Å²) in [5.74, 6) is -0.790. The first-order valence-corrected chi connectivity index (χ1v) is 5.93. The maximum Gasteiger partial charge on any atom is 0.339 e. The normalized spacial score (nSPS) is 10.3. The topological polar surface area (TPSA) is 72.3 Å². The fourth-order valence-electron chi connectivity index (χ4n) is 1.36. The van der Waals surface area contributed by atoms with Gasteiger partial charge in [0.05, 0.1) is 16.3 Å². The number of carboxylic acids is 1. The number of aryl methyl sites for hydroxylation is 1. The first-order valence-electron chi connectivity index (χ1n) is 5.17. The van der Waals surface area contributed by atoms with Crippen LogP contribution in [0.5, 0.6) is 11.8 Å². The van der Waals surface area contributed by atoms with Gasteiger partial charge in [0.1, 0.15) is 0 Å². The zero-order valence-corrected chi connectivity index (χ0v) is 11.2. The van der Waals surface area contributed by atoms with E-state index in [2.05, 4.69) is 9.97 Å². The fourth-order valence-corrected chi connectivity index (χ4v) is 1.68. The first kappa shape index (κ1) is 13.6. The molecule has 98 valence electrons. The molecule has 1 heterocycles. The molecule has 5 nitrogen and oxygen atoms in total. The van der Waals surface area contributed by atoms with Crippen molar-refractivity contribution in [2.24, 2.45) is 0 Å². The van der Waals surface area contributed by atoms with E-state index in [1.54, 1.807) is 19.1 Å². The van der Waals surface area contributed by atoms with Crippen molar-refractivity contribution in [1.29, 1.82) is 0 Å². The minimum atomic E-state index is -1.09. The number of aromatic nitrogens is 2. The predicted octanol–water partition coefficient (Wildman–Crippen LogP) is 3.58. The lowest BCUT2D eigenvalue weighted by molar-refractivity contribution is 0.0695. The standard InChI is InChI=1S/C12H8Cl2N2O3/c1-6-8(11(17)18)5-15-12(16-6)19-10-4-7(13)2-3-9(10)14/h2-5H,1H3,(H,17,18). The van der Waals surface area contributed by atoms with Crippen molar-refractivity contribution in [1.82, 2.24) is 9.97 Å². The van der Waals surface area contributed by atoms with Gasteiger partial charge in [-0.3, -0.25) is 0 Å². The summed E-state index contributed by atoms with van der Waals surface area (Å²) in [7, 11) is 0. The van der Waals surface area contributed by atoms with Crippen molar-refractivity contribution in [3.8, 4) is 11.8 Å². The number of nitrogens with zero attached hydrogens (tertiary/aromatic N) is 2. The van der Waals surface area contributed by atoms with Crippen LogP contribution in [0.4, 0.5) is 0 Å². The molecule has 2 aromatic rings. The summed E-state index contributed by atoms with van der Waals surface area (Å²) in [5.41, 5.74) is 0.320. The molecule has 0 radical (unpaired) electrons. The summed E-state index contributed by atoms with van der Waals surface area (Å²) in [6.45, 7) is 1.55. The lowest BCUT2D eigenvalue weighted by Crippen LogP contribution is -2.04. The number of ether oxygens (including phenoxy) is 1. The summed E-state index contributed by atoms with van der Waals surface area (Å²) < 4.78 is 5.37. The molecule has 0 saturated carbocycles. The van der Waals surface area contributed by atoms with Crippen molar-refractivity contribution in [2.75, 3.05) is 0 Å². The molecule has 1 N–H and O–H groups in total. The third-order valence-corrected chi connectivity index (χ3v) is 2.83. The zero-order valence-electron chi connectivity index (χ0n) is 9.72. The lowest BCUT2D eigenvalue weighted by Gasteiger charge is -2.07. The van der Waals surface area contributed by atoms with E-state index in [1.807, 2.05) is 0 Å². The van der Waals surface area contributed by atoms with Gasteiger partial charge < -0.3 is 9.84 Å². The number of carbonyl (C=O) groups is 1. The molecule has 1 aromatic carbocycles. The van der Waals surface area contributed by atoms with Crippen molar-refractivity contribution in [3.05, 3.63) is 45.7 Å². The maximum atomic E-state index is 10.8. The van der Waals surface area contributed by atoms with E-state index < -0.39 is 5.97 Å². The lowest BCUT2D eigenvalue weighted by atomic mass is 10.2. The van der Waals surface area contributed by atoms with E-state index in [9.17, 15) is 4.79 Å². The Labute approximate surface area is 118 Å². The van der Waals surface area contributed by atoms with Gasteiger partial charge in [-0.25, -0.2) is 9.78 Å². The van der Waals surface area contributed by atoms with Crippen LogP contribution in [0.2, 0.25) is 10.0 Å².